The summed E-state index contributed by atoms with van der Waals surface area (Å²) in [5.41, 5.74) is 0.626. The van der Waals surface area contributed by atoms with Crippen molar-refractivity contribution in [3.05, 3.63) is 29.6 Å². The van der Waals surface area contributed by atoms with Crippen LogP contribution in [0.1, 0.15) is 16.1 Å². The van der Waals surface area contributed by atoms with Gasteiger partial charge in [-0.15, -0.1) is 0 Å². The van der Waals surface area contributed by atoms with Crippen LogP contribution >= 0.6 is 0 Å². The third kappa shape index (κ3) is 2.87. The van der Waals surface area contributed by atoms with Crippen LogP contribution in [-0.2, 0) is 0 Å². The molecule has 22 heavy (non-hydrogen) atoms. The van der Waals surface area contributed by atoms with E-state index in [1.54, 1.807) is 11.0 Å². The molecule has 1 aromatic rings. The Bertz CT molecular complexity index is 647. The average Bonchev–Trinajstić information content (AvgIpc) is 2.85. The fraction of sp³-hybridized carbons (Fsp3) is 0.400. The van der Waals surface area contributed by atoms with Crippen LogP contribution < -0.4 is 5.32 Å². The van der Waals surface area contributed by atoms with Gasteiger partial charge in [-0.1, -0.05) is 11.8 Å². The minimum atomic E-state index is -1.06. The van der Waals surface area contributed by atoms with Crippen molar-refractivity contribution < 1.29 is 14.7 Å². The molecule has 3 heterocycles. The molecule has 2 amide bonds. The lowest BCUT2D eigenvalue weighted by atomic mass is 10.2. The lowest BCUT2D eigenvalue weighted by molar-refractivity contribution is 0.0690. The van der Waals surface area contributed by atoms with Crippen LogP contribution in [0.3, 0.4) is 0 Å². The van der Waals surface area contributed by atoms with Crippen molar-refractivity contribution in [2.75, 3.05) is 32.7 Å². The second kappa shape index (κ2) is 6.03. The van der Waals surface area contributed by atoms with Gasteiger partial charge in [0.2, 0.25) is 0 Å². The van der Waals surface area contributed by atoms with Crippen molar-refractivity contribution in [1.82, 2.24) is 20.1 Å². The maximum atomic E-state index is 12.2. The lowest BCUT2D eigenvalue weighted by Crippen LogP contribution is -2.49. The molecule has 1 unspecified atom stereocenters. The predicted octanol–water partition coefficient (Wildman–Crippen LogP) is -0.159. The zero-order chi connectivity index (χ0) is 15.5. The Labute approximate surface area is 127 Å². The summed E-state index contributed by atoms with van der Waals surface area (Å²) in [6.45, 7) is 3.47. The quantitative estimate of drug-likeness (QED) is 0.741. The Balaban J connectivity index is 1.61. The SMILES string of the molecule is O=C(O)c1ccc(C#CCN2CC3CNCCN3C2=O)cn1. The number of nitrogens with one attached hydrogen (secondary N) is 1. The number of fused-ring (bicyclic) bond motifs is 1. The highest BCUT2D eigenvalue weighted by Crippen LogP contribution is 2.16. The number of urea groups is 1. The molecule has 2 aliphatic heterocycles. The molecule has 2 aliphatic rings. The van der Waals surface area contributed by atoms with E-state index in [0.717, 1.165) is 19.6 Å². The van der Waals surface area contributed by atoms with Crippen LogP contribution in [0, 0.1) is 11.8 Å². The standard InChI is InChI=1S/C15H16N4O3/c20-14(21)13-4-3-11(8-17-13)2-1-6-18-10-12-9-16-5-7-19(12)15(18)22/h3-4,8,12,16H,5-7,9-10H2,(H,20,21). The zero-order valence-electron chi connectivity index (χ0n) is 12.0. The highest BCUT2D eigenvalue weighted by atomic mass is 16.4. The van der Waals surface area contributed by atoms with Crippen LogP contribution in [0.2, 0.25) is 0 Å². The van der Waals surface area contributed by atoms with E-state index in [1.165, 1.54) is 12.3 Å². The van der Waals surface area contributed by atoms with Crippen molar-refractivity contribution in [2.24, 2.45) is 0 Å². The largest absolute Gasteiger partial charge is 0.477 e. The molecule has 0 aliphatic carbocycles. The van der Waals surface area contributed by atoms with E-state index >= 15 is 0 Å². The fourth-order valence-electron chi connectivity index (χ4n) is 2.65. The molecule has 0 bridgehead atoms. The third-order valence-electron chi connectivity index (χ3n) is 3.78. The van der Waals surface area contributed by atoms with Gasteiger partial charge >= 0.3 is 12.0 Å². The summed E-state index contributed by atoms with van der Waals surface area (Å²) in [5, 5.41) is 12.1. The number of pyridine rings is 1. The van der Waals surface area contributed by atoms with Gasteiger partial charge < -0.3 is 20.2 Å². The molecule has 2 saturated heterocycles. The molecule has 0 radical (unpaired) electrons. The number of carbonyl (C=O) groups excluding carboxylic acids is 1. The topological polar surface area (TPSA) is 85.8 Å². The molecule has 7 heteroatoms. The molecular weight excluding hydrogens is 284 g/mol. The predicted molar refractivity (Wildman–Crippen MR) is 78.4 cm³/mol. The molecule has 7 nitrogen and oxygen atoms in total. The highest BCUT2D eigenvalue weighted by molar-refractivity contribution is 5.85. The Morgan fingerprint density at radius 3 is 3.05 bits per heavy atom. The van der Waals surface area contributed by atoms with Gasteiger partial charge in [0, 0.05) is 37.9 Å². The van der Waals surface area contributed by atoms with Crippen LogP contribution in [0.5, 0.6) is 0 Å². The maximum Gasteiger partial charge on any atom is 0.354 e. The van der Waals surface area contributed by atoms with Gasteiger partial charge in [-0.2, -0.15) is 0 Å². The average molecular weight is 300 g/mol. The number of aromatic nitrogens is 1. The van der Waals surface area contributed by atoms with Gasteiger partial charge in [-0.05, 0) is 12.1 Å². The van der Waals surface area contributed by atoms with E-state index in [-0.39, 0.29) is 17.8 Å². The molecule has 2 N–H and O–H groups in total. The Kier molecular flexibility index (Phi) is 3.94. The number of nitrogens with zero attached hydrogens (tertiary/aromatic N) is 3. The zero-order valence-corrected chi connectivity index (χ0v) is 12.0. The maximum absolute atomic E-state index is 12.2. The van der Waals surface area contributed by atoms with E-state index in [4.69, 9.17) is 5.11 Å². The third-order valence-corrected chi connectivity index (χ3v) is 3.78. The molecule has 1 aromatic heterocycles. The van der Waals surface area contributed by atoms with Gasteiger partial charge in [0.1, 0.15) is 5.69 Å². The monoisotopic (exact) mass is 300 g/mol. The first-order chi connectivity index (χ1) is 10.6. The van der Waals surface area contributed by atoms with Gasteiger partial charge in [0.05, 0.1) is 12.6 Å². The minimum absolute atomic E-state index is 0.00959. The van der Waals surface area contributed by atoms with Crippen LogP contribution in [0.4, 0.5) is 4.79 Å². The normalized spacial score (nSPS) is 20.4. The number of amides is 2. The van der Waals surface area contributed by atoms with Crippen molar-refractivity contribution in [2.45, 2.75) is 6.04 Å². The number of carboxylic acids is 1. The van der Waals surface area contributed by atoms with E-state index < -0.39 is 5.97 Å². The number of aromatic carboxylic acids is 1. The smallest absolute Gasteiger partial charge is 0.354 e. The number of carboxylic acid groups (broad SMARTS) is 1. The Morgan fingerprint density at radius 1 is 1.50 bits per heavy atom. The number of rotatable bonds is 2. The van der Waals surface area contributed by atoms with Crippen molar-refractivity contribution in [3.8, 4) is 11.8 Å². The molecule has 0 saturated carbocycles. The molecule has 0 spiro atoms. The number of hydrogen-bond donors (Lipinski definition) is 2. The van der Waals surface area contributed by atoms with E-state index in [2.05, 4.69) is 22.1 Å². The summed E-state index contributed by atoms with van der Waals surface area (Å²) in [7, 11) is 0. The lowest BCUT2D eigenvalue weighted by Gasteiger charge is -2.28. The second-order valence-electron chi connectivity index (χ2n) is 5.25. The van der Waals surface area contributed by atoms with E-state index in [9.17, 15) is 9.59 Å². The summed E-state index contributed by atoms with van der Waals surface area (Å²) >= 11 is 0. The molecule has 2 fully saturated rings. The summed E-state index contributed by atoms with van der Waals surface area (Å²) in [4.78, 5) is 30.3. The first-order valence-electron chi connectivity index (χ1n) is 7.09. The van der Waals surface area contributed by atoms with Crippen LogP contribution in [0.15, 0.2) is 18.3 Å². The molecule has 114 valence electrons. The van der Waals surface area contributed by atoms with Crippen molar-refractivity contribution >= 4 is 12.0 Å². The van der Waals surface area contributed by atoms with E-state index in [0.29, 0.717) is 18.7 Å². The van der Waals surface area contributed by atoms with Gasteiger partial charge in [0.25, 0.3) is 0 Å². The van der Waals surface area contributed by atoms with E-state index in [1.807, 2.05) is 4.90 Å². The van der Waals surface area contributed by atoms with Gasteiger partial charge in [0.15, 0.2) is 0 Å². The highest BCUT2D eigenvalue weighted by Gasteiger charge is 2.37. The Hall–Kier alpha value is -2.59. The minimum Gasteiger partial charge on any atom is -0.477 e. The molecule has 3 rings (SSSR count). The van der Waals surface area contributed by atoms with Gasteiger partial charge in [-0.3, -0.25) is 0 Å². The number of carbonyl (C=O) groups is 2. The first-order valence-corrected chi connectivity index (χ1v) is 7.09. The van der Waals surface area contributed by atoms with Gasteiger partial charge in [-0.25, -0.2) is 14.6 Å². The van der Waals surface area contributed by atoms with Crippen molar-refractivity contribution in [3.63, 3.8) is 0 Å². The molecule has 0 aromatic carbocycles. The summed E-state index contributed by atoms with van der Waals surface area (Å²) in [5.74, 6) is 4.80. The summed E-state index contributed by atoms with van der Waals surface area (Å²) in [6, 6.07) is 3.31. The summed E-state index contributed by atoms with van der Waals surface area (Å²) < 4.78 is 0. The summed E-state index contributed by atoms with van der Waals surface area (Å²) in [6.07, 6.45) is 1.43. The van der Waals surface area contributed by atoms with Crippen LogP contribution in [0.25, 0.3) is 0 Å². The second-order valence-corrected chi connectivity index (χ2v) is 5.25. The number of hydrogen-bond acceptors (Lipinski definition) is 4. The fourth-order valence-corrected chi connectivity index (χ4v) is 2.65. The molecular formula is C15H16N4O3. The van der Waals surface area contributed by atoms with Crippen LogP contribution in [-0.4, -0.2) is 70.7 Å². The Morgan fingerprint density at radius 2 is 2.36 bits per heavy atom. The number of piperazine rings is 1. The van der Waals surface area contributed by atoms with Crippen molar-refractivity contribution in [1.29, 1.82) is 0 Å². The first kappa shape index (κ1) is 14.4. The molecule has 1 atom stereocenters.